The van der Waals surface area contributed by atoms with E-state index < -0.39 is 7.12 Å². The van der Waals surface area contributed by atoms with Crippen molar-refractivity contribution >= 4 is 23.2 Å². The maximum Gasteiger partial charge on any atom is 0.499 e. The minimum absolute atomic E-state index is 0.233. The summed E-state index contributed by atoms with van der Waals surface area (Å²) in [4.78, 5) is 1.12. The van der Waals surface area contributed by atoms with Crippen LogP contribution >= 0.6 is 11.3 Å². The Kier molecular flexibility index (Phi) is 4.56. The lowest BCUT2D eigenvalue weighted by atomic mass is 9.88. The van der Waals surface area contributed by atoms with Gasteiger partial charge in [-0.3, -0.25) is 0 Å². The number of rotatable bonds is 4. The van der Waals surface area contributed by atoms with E-state index in [0.717, 1.165) is 11.4 Å². The Morgan fingerprint density at radius 1 is 1.38 bits per heavy atom. The molecule has 3 nitrogen and oxygen atoms in total. The van der Waals surface area contributed by atoms with Gasteiger partial charge in [-0.05, 0) is 18.4 Å². The Balaban J connectivity index is 2.49. The topological polar surface area (TPSA) is 52.5 Å². The summed E-state index contributed by atoms with van der Waals surface area (Å²) in [6.45, 7) is 9.53. The molecule has 0 aliphatic carbocycles. The van der Waals surface area contributed by atoms with Gasteiger partial charge in [0.05, 0.1) is 0 Å². The fourth-order valence-corrected chi connectivity index (χ4v) is 2.02. The van der Waals surface area contributed by atoms with Crippen LogP contribution in [0, 0.1) is 5.41 Å². The first-order valence-corrected chi connectivity index (χ1v) is 6.30. The lowest BCUT2D eigenvalue weighted by Crippen LogP contribution is -2.37. The highest BCUT2D eigenvalue weighted by molar-refractivity contribution is 7.22. The lowest BCUT2D eigenvalue weighted by molar-refractivity contribution is 0.286. The van der Waals surface area contributed by atoms with E-state index in [-0.39, 0.29) is 5.41 Å². The quantitative estimate of drug-likeness (QED) is 0.688. The van der Waals surface area contributed by atoms with E-state index in [4.69, 9.17) is 10.0 Å². The molecule has 1 rings (SSSR count). The molecule has 0 spiro atoms. The molecule has 90 valence electrons. The van der Waals surface area contributed by atoms with Crippen LogP contribution in [0.15, 0.2) is 12.1 Å². The van der Waals surface area contributed by atoms with Crippen LogP contribution in [0.5, 0.6) is 0 Å². The van der Waals surface area contributed by atoms with Gasteiger partial charge in [-0.1, -0.05) is 26.8 Å². The summed E-state index contributed by atoms with van der Waals surface area (Å²) >= 11 is 1.43. The molecule has 1 heterocycles. The summed E-state index contributed by atoms with van der Waals surface area (Å²) in [5.41, 5.74) is 0.233. The fraction of sp³-hybridized carbons (Fsp3) is 0.636. The van der Waals surface area contributed by atoms with Crippen molar-refractivity contribution in [3.63, 3.8) is 0 Å². The summed E-state index contributed by atoms with van der Waals surface area (Å²) in [5.74, 6) is 0. The van der Waals surface area contributed by atoms with Gasteiger partial charge in [-0.25, -0.2) is 0 Å². The molecule has 0 bridgehead atoms. The van der Waals surface area contributed by atoms with E-state index in [9.17, 15) is 0 Å². The largest absolute Gasteiger partial charge is 0.499 e. The van der Waals surface area contributed by atoms with Gasteiger partial charge in [0.1, 0.15) is 0 Å². The molecule has 0 saturated heterocycles. The fourth-order valence-electron chi connectivity index (χ4n) is 1.19. The molecule has 0 fully saturated rings. The van der Waals surface area contributed by atoms with Crippen molar-refractivity contribution in [3.05, 3.63) is 17.0 Å². The van der Waals surface area contributed by atoms with E-state index in [1.165, 1.54) is 11.3 Å². The Bertz CT molecular complexity index is 333. The number of hydrogen-bond donors (Lipinski definition) is 3. The molecule has 1 aromatic rings. The summed E-state index contributed by atoms with van der Waals surface area (Å²) in [6, 6.07) is 4.10. The zero-order valence-electron chi connectivity index (χ0n) is 10.3. The van der Waals surface area contributed by atoms with Gasteiger partial charge in [-0.15, -0.1) is 11.3 Å². The minimum atomic E-state index is -1.35. The smallest absolute Gasteiger partial charge is 0.423 e. The summed E-state index contributed by atoms with van der Waals surface area (Å²) in [7, 11) is -1.35. The van der Waals surface area contributed by atoms with Crippen LogP contribution < -0.4 is 10.1 Å². The summed E-state index contributed by atoms with van der Waals surface area (Å²) in [6.07, 6.45) is 0. The van der Waals surface area contributed by atoms with Crippen molar-refractivity contribution in [2.45, 2.75) is 40.3 Å². The molecule has 3 N–H and O–H groups in total. The number of thiophene rings is 1. The Labute approximate surface area is 102 Å². The third-order valence-electron chi connectivity index (χ3n) is 2.82. The highest BCUT2D eigenvalue weighted by Crippen LogP contribution is 2.19. The zero-order valence-corrected chi connectivity index (χ0v) is 11.1. The summed E-state index contributed by atoms with van der Waals surface area (Å²) < 4.78 is 0.597. The van der Waals surface area contributed by atoms with Crippen LogP contribution in [0.1, 0.15) is 32.6 Å². The number of hydrogen-bond acceptors (Lipinski definition) is 4. The normalized spacial score (nSPS) is 13.9. The van der Waals surface area contributed by atoms with Crippen molar-refractivity contribution in [2.75, 3.05) is 0 Å². The first-order valence-electron chi connectivity index (χ1n) is 5.49. The second-order valence-corrected chi connectivity index (χ2v) is 6.35. The molecule has 0 radical (unpaired) electrons. The monoisotopic (exact) mass is 241 g/mol. The standard InChI is InChI=1S/C11H20BNO2S/c1-8(11(2,3)4)13-7-9-5-6-10(16-9)12(14)15/h5-6,8,13-15H,7H2,1-4H3/t8-/m0/s1. The van der Waals surface area contributed by atoms with E-state index in [0.29, 0.717) is 10.8 Å². The van der Waals surface area contributed by atoms with E-state index in [1.807, 2.05) is 6.07 Å². The molecule has 0 aromatic carbocycles. The molecule has 0 unspecified atom stereocenters. The van der Waals surface area contributed by atoms with Crippen molar-refractivity contribution in [3.8, 4) is 0 Å². The molecule has 0 saturated carbocycles. The molecular formula is C11H20BNO2S. The maximum atomic E-state index is 8.99. The third kappa shape index (κ3) is 3.90. The van der Waals surface area contributed by atoms with Crippen molar-refractivity contribution in [1.82, 2.24) is 5.32 Å². The Morgan fingerprint density at radius 3 is 2.44 bits per heavy atom. The van der Waals surface area contributed by atoms with Gasteiger partial charge in [0.15, 0.2) is 0 Å². The summed E-state index contributed by atoms with van der Waals surface area (Å²) in [5, 5.41) is 21.4. The van der Waals surface area contributed by atoms with Crippen LogP contribution in [0.4, 0.5) is 0 Å². The molecule has 1 atom stereocenters. The number of nitrogens with one attached hydrogen (secondary N) is 1. The van der Waals surface area contributed by atoms with Crippen LogP contribution in [0.2, 0.25) is 0 Å². The first-order chi connectivity index (χ1) is 7.30. The first kappa shape index (κ1) is 13.7. The van der Waals surface area contributed by atoms with E-state index in [1.54, 1.807) is 6.07 Å². The van der Waals surface area contributed by atoms with Crippen LogP contribution in [0.3, 0.4) is 0 Å². The van der Waals surface area contributed by atoms with Crippen LogP contribution in [-0.4, -0.2) is 23.2 Å². The van der Waals surface area contributed by atoms with Gasteiger partial charge in [0.2, 0.25) is 0 Å². The van der Waals surface area contributed by atoms with Gasteiger partial charge in [0, 0.05) is 22.2 Å². The predicted molar refractivity (Wildman–Crippen MR) is 69.9 cm³/mol. The van der Waals surface area contributed by atoms with Gasteiger partial charge >= 0.3 is 7.12 Å². The SMILES string of the molecule is C[C@H](NCc1ccc(B(O)O)s1)C(C)(C)C. The van der Waals surface area contributed by atoms with Crippen molar-refractivity contribution < 1.29 is 10.0 Å². The molecule has 0 amide bonds. The van der Waals surface area contributed by atoms with Gasteiger partial charge < -0.3 is 15.4 Å². The van der Waals surface area contributed by atoms with E-state index in [2.05, 4.69) is 33.0 Å². The Hall–Kier alpha value is -0.355. The average Bonchev–Trinajstić information content (AvgIpc) is 2.60. The lowest BCUT2D eigenvalue weighted by Gasteiger charge is -2.28. The molecule has 0 aliphatic heterocycles. The average molecular weight is 241 g/mol. The molecule has 5 heteroatoms. The van der Waals surface area contributed by atoms with Crippen LogP contribution in [0.25, 0.3) is 0 Å². The molecule has 0 aliphatic rings. The van der Waals surface area contributed by atoms with Crippen molar-refractivity contribution in [2.24, 2.45) is 5.41 Å². The second kappa shape index (κ2) is 5.32. The molecule has 1 aromatic heterocycles. The highest BCUT2D eigenvalue weighted by atomic mass is 32.1. The maximum absolute atomic E-state index is 8.99. The zero-order chi connectivity index (χ0) is 12.3. The molecular weight excluding hydrogens is 221 g/mol. The minimum Gasteiger partial charge on any atom is -0.423 e. The van der Waals surface area contributed by atoms with Gasteiger partial charge in [-0.2, -0.15) is 0 Å². The molecule has 16 heavy (non-hydrogen) atoms. The third-order valence-corrected chi connectivity index (χ3v) is 3.94. The highest BCUT2D eigenvalue weighted by Gasteiger charge is 2.19. The van der Waals surface area contributed by atoms with E-state index >= 15 is 0 Å². The predicted octanol–water partition coefficient (Wildman–Crippen LogP) is 0.952. The second-order valence-electron chi connectivity index (χ2n) is 5.15. The van der Waals surface area contributed by atoms with Crippen molar-refractivity contribution in [1.29, 1.82) is 0 Å². The van der Waals surface area contributed by atoms with Crippen LogP contribution in [-0.2, 0) is 6.54 Å². The van der Waals surface area contributed by atoms with Gasteiger partial charge in [0.25, 0.3) is 0 Å². The Morgan fingerprint density at radius 2 is 2.00 bits per heavy atom.